The van der Waals surface area contributed by atoms with Gasteiger partial charge in [-0.3, -0.25) is 9.59 Å². The number of aryl methyl sites for hydroxylation is 2. The first kappa shape index (κ1) is 17.7. The van der Waals surface area contributed by atoms with Gasteiger partial charge in [0.25, 0.3) is 0 Å². The van der Waals surface area contributed by atoms with E-state index in [0.29, 0.717) is 18.0 Å². The molecule has 126 valence electrons. The maximum Gasteiger partial charge on any atom is 0.220 e. The van der Waals surface area contributed by atoms with Crippen LogP contribution in [0.1, 0.15) is 39.9 Å². The summed E-state index contributed by atoms with van der Waals surface area (Å²) in [6.45, 7) is 4.24. The number of pyridine rings is 1. The average Bonchev–Trinajstić information content (AvgIpc) is 2.60. The van der Waals surface area contributed by atoms with Gasteiger partial charge in [0, 0.05) is 37.2 Å². The number of Topliss-reactive ketones (excluding diaryl/α,β-unsaturated/α-hetero) is 1. The number of hydrogen-bond acceptors (Lipinski definition) is 4. The van der Waals surface area contributed by atoms with Gasteiger partial charge in [0.2, 0.25) is 11.8 Å². The van der Waals surface area contributed by atoms with Crippen molar-refractivity contribution in [2.24, 2.45) is 0 Å². The van der Waals surface area contributed by atoms with Gasteiger partial charge in [0.05, 0.1) is 7.11 Å². The van der Waals surface area contributed by atoms with E-state index < -0.39 is 0 Å². The van der Waals surface area contributed by atoms with Gasteiger partial charge in [0.15, 0.2) is 5.78 Å². The minimum Gasteiger partial charge on any atom is -0.481 e. The molecule has 0 unspecified atom stereocenters. The van der Waals surface area contributed by atoms with Gasteiger partial charge in [-0.15, -0.1) is 0 Å². The molecule has 0 spiro atoms. The third-order valence-corrected chi connectivity index (χ3v) is 3.77. The highest BCUT2D eigenvalue weighted by Crippen LogP contribution is 2.14. The first-order chi connectivity index (χ1) is 11.5. The summed E-state index contributed by atoms with van der Waals surface area (Å²) in [6, 6.07) is 9.36. The van der Waals surface area contributed by atoms with E-state index in [1.54, 1.807) is 19.4 Å². The summed E-state index contributed by atoms with van der Waals surface area (Å²) in [6.07, 6.45) is 2.03. The van der Waals surface area contributed by atoms with Crippen LogP contribution in [-0.4, -0.2) is 23.8 Å². The van der Waals surface area contributed by atoms with Crippen molar-refractivity contribution in [3.8, 4) is 5.88 Å². The molecule has 1 amide bonds. The van der Waals surface area contributed by atoms with Gasteiger partial charge in [0.1, 0.15) is 0 Å². The van der Waals surface area contributed by atoms with Crippen molar-refractivity contribution in [3.05, 3.63) is 58.8 Å². The minimum absolute atomic E-state index is 0.00235. The van der Waals surface area contributed by atoms with Gasteiger partial charge in [-0.1, -0.05) is 23.8 Å². The Bertz CT molecular complexity index is 724. The summed E-state index contributed by atoms with van der Waals surface area (Å²) in [5.41, 5.74) is 3.56. The third-order valence-electron chi connectivity index (χ3n) is 3.77. The predicted molar refractivity (Wildman–Crippen MR) is 92.1 cm³/mol. The fourth-order valence-electron chi connectivity index (χ4n) is 2.32. The number of methoxy groups -OCH3 is 1. The molecule has 0 radical (unpaired) electrons. The molecule has 0 saturated carbocycles. The number of benzene rings is 1. The summed E-state index contributed by atoms with van der Waals surface area (Å²) in [4.78, 5) is 28.3. The van der Waals surface area contributed by atoms with Gasteiger partial charge >= 0.3 is 0 Å². The molecule has 2 rings (SSSR count). The molecule has 0 aliphatic heterocycles. The largest absolute Gasteiger partial charge is 0.481 e. The first-order valence-electron chi connectivity index (χ1n) is 7.85. The smallest absolute Gasteiger partial charge is 0.220 e. The van der Waals surface area contributed by atoms with E-state index in [9.17, 15) is 9.59 Å². The molecule has 0 aliphatic carbocycles. The van der Waals surface area contributed by atoms with E-state index in [2.05, 4.69) is 10.3 Å². The second-order valence-electron chi connectivity index (χ2n) is 5.73. The molecule has 5 heteroatoms. The lowest BCUT2D eigenvalue weighted by Gasteiger charge is -2.07. The highest BCUT2D eigenvalue weighted by Gasteiger charge is 2.12. The average molecular weight is 326 g/mol. The van der Waals surface area contributed by atoms with Gasteiger partial charge in [-0.2, -0.15) is 0 Å². The van der Waals surface area contributed by atoms with Crippen molar-refractivity contribution in [3.63, 3.8) is 0 Å². The Balaban J connectivity index is 1.82. The fourth-order valence-corrected chi connectivity index (χ4v) is 2.32. The number of nitrogens with one attached hydrogen (secondary N) is 1. The van der Waals surface area contributed by atoms with Crippen molar-refractivity contribution in [2.75, 3.05) is 7.11 Å². The van der Waals surface area contributed by atoms with Crippen LogP contribution in [0.3, 0.4) is 0 Å². The van der Waals surface area contributed by atoms with E-state index in [4.69, 9.17) is 4.74 Å². The zero-order valence-corrected chi connectivity index (χ0v) is 14.3. The van der Waals surface area contributed by atoms with Gasteiger partial charge in [-0.05, 0) is 31.0 Å². The number of amides is 1. The first-order valence-corrected chi connectivity index (χ1v) is 7.85. The molecular formula is C19H22N2O3. The number of rotatable bonds is 7. The normalized spacial score (nSPS) is 10.3. The van der Waals surface area contributed by atoms with Crippen LogP contribution in [0.4, 0.5) is 0 Å². The fraction of sp³-hybridized carbons (Fsp3) is 0.316. The quantitative estimate of drug-likeness (QED) is 0.794. The zero-order chi connectivity index (χ0) is 17.5. The number of carbonyl (C=O) groups is 2. The summed E-state index contributed by atoms with van der Waals surface area (Å²) in [7, 11) is 1.55. The summed E-state index contributed by atoms with van der Waals surface area (Å²) >= 11 is 0. The maximum atomic E-state index is 12.3. The zero-order valence-electron chi connectivity index (χ0n) is 14.3. The van der Waals surface area contributed by atoms with Gasteiger partial charge < -0.3 is 10.1 Å². The molecule has 0 aliphatic rings. The number of ketones is 1. The SMILES string of the molecule is COc1ccc(CNC(=O)CCC(=O)c2cc(C)ccc2C)cn1. The Morgan fingerprint density at radius 2 is 1.92 bits per heavy atom. The van der Waals surface area contributed by atoms with Crippen molar-refractivity contribution in [1.29, 1.82) is 0 Å². The van der Waals surface area contributed by atoms with Crippen LogP contribution in [0.2, 0.25) is 0 Å². The lowest BCUT2D eigenvalue weighted by atomic mass is 9.99. The second kappa shape index (κ2) is 8.24. The van der Waals surface area contributed by atoms with Crippen molar-refractivity contribution in [2.45, 2.75) is 33.2 Å². The molecule has 5 nitrogen and oxygen atoms in total. The number of hydrogen-bond donors (Lipinski definition) is 1. The molecule has 2 aromatic rings. The number of aromatic nitrogens is 1. The topological polar surface area (TPSA) is 68.3 Å². The van der Waals surface area contributed by atoms with Gasteiger partial charge in [-0.25, -0.2) is 4.98 Å². The molecule has 1 heterocycles. The number of ether oxygens (including phenoxy) is 1. The van der Waals surface area contributed by atoms with Crippen LogP contribution >= 0.6 is 0 Å². The lowest BCUT2D eigenvalue weighted by Crippen LogP contribution is -2.23. The number of carbonyl (C=O) groups excluding carboxylic acids is 2. The molecule has 0 bridgehead atoms. The van der Waals surface area contributed by atoms with Crippen LogP contribution in [-0.2, 0) is 11.3 Å². The summed E-state index contributed by atoms with van der Waals surface area (Å²) in [5, 5.41) is 2.80. The monoisotopic (exact) mass is 326 g/mol. The Labute approximate surface area is 142 Å². The molecule has 1 N–H and O–H groups in total. The Hall–Kier alpha value is -2.69. The van der Waals surface area contributed by atoms with Crippen molar-refractivity contribution >= 4 is 11.7 Å². The molecular weight excluding hydrogens is 304 g/mol. The molecule has 1 aromatic heterocycles. The Kier molecular flexibility index (Phi) is 6.07. The molecule has 24 heavy (non-hydrogen) atoms. The maximum absolute atomic E-state index is 12.3. The number of nitrogens with zero attached hydrogens (tertiary/aromatic N) is 1. The summed E-state index contributed by atoms with van der Waals surface area (Å²) < 4.78 is 4.98. The second-order valence-corrected chi connectivity index (χ2v) is 5.73. The summed E-state index contributed by atoms with van der Waals surface area (Å²) in [5.74, 6) is 0.381. The van der Waals surface area contributed by atoms with E-state index in [-0.39, 0.29) is 24.5 Å². The minimum atomic E-state index is -0.149. The third kappa shape index (κ3) is 4.91. The van der Waals surface area contributed by atoms with E-state index in [0.717, 1.165) is 16.7 Å². The van der Waals surface area contributed by atoms with Crippen LogP contribution < -0.4 is 10.1 Å². The van der Waals surface area contributed by atoms with Crippen molar-refractivity contribution in [1.82, 2.24) is 10.3 Å². The molecule has 0 atom stereocenters. The van der Waals surface area contributed by atoms with E-state index in [1.165, 1.54) is 0 Å². The Morgan fingerprint density at radius 1 is 1.12 bits per heavy atom. The van der Waals surface area contributed by atoms with Crippen LogP contribution in [0.15, 0.2) is 36.5 Å². The highest BCUT2D eigenvalue weighted by atomic mass is 16.5. The molecule has 0 fully saturated rings. The van der Waals surface area contributed by atoms with E-state index in [1.807, 2.05) is 38.1 Å². The van der Waals surface area contributed by atoms with Crippen LogP contribution in [0.5, 0.6) is 5.88 Å². The molecule has 1 aromatic carbocycles. The Morgan fingerprint density at radius 3 is 2.58 bits per heavy atom. The predicted octanol–water partition coefficient (Wildman–Crippen LogP) is 2.99. The highest BCUT2D eigenvalue weighted by molar-refractivity contribution is 5.99. The van der Waals surface area contributed by atoms with E-state index >= 15 is 0 Å². The van der Waals surface area contributed by atoms with Crippen molar-refractivity contribution < 1.29 is 14.3 Å². The molecule has 0 saturated heterocycles. The lowest BCUT2D eigenvalue weighted by molar-refractivity contribution is -0.121. The van der Waals surface area contributed by atoms with Crippen LogP contribution in [0, 0.1) is 13.8 Å². The van der Waals surface area contributed by atoms with Crippen LogP contribution in [0.25, 0.3) is 0 Å². The standard InChI is InChI=1S/C19H22N2O3/c1-13-4-5-14(2)16(10-13)17(22)7-8-18(23)20-11-15-6-9-19(24-3)21-12-15/h4-6,9-10,12H,7-8,11H2,1-3H3,(H,20,23).